The summed E-state index contributed by atoms with van der Waals surface area (Å²) in [5.74, 6) is 0.810. The SMILES string of the molecule is CC(=O)Nc1c(C)cc2ccccn12. The largest absolute Gasteiger partial charge is 0.312 e. The van der Waals surface area contributed by atoms with E-state index in [0.717, 1.165) is 16.9 Å². The molecule has 1 amide bonds. The molecule has 2 heterocycles. The van der Waals surface area contributed by atoms with Gasteiger partial charge in [-0.05, 0) is 30.7 Å². The highest BCUT2D eigenvalue weighted by atomic mass is 16.1. The molecule has 0 aliphatic carbocycles. The number of carbonyl (C=O) groups is 1. The summed E-state index contributed by atoms with van der Waals surface area (Å²) in [4.78, 5) is 11.0. The Bertz CT molecular complexity index is 485. The lowest BCUT2D eigenvalue weighted by molar-refractivity contribution is -0.114. The van der Waals surface area contributed by atoms with Crippen LogP contribution in [0.3, 0.4) is 0 Å². The highest BCUT2D eigenvalue weighted by molar-refractivity contribution is 5.89. The first-order valence-electron chi connectivity index (χ1n) is 4.53. The molecule has 2 aromatic rings. The number of amides is 1. The Hall–Kier alpha value is -1.77. The summed E-state index contributed by atoms with van der Waals surface area (Å²) in [5.41, 5.74) is 2.17. The van der Waals surface area contributed by atoms with Crippen molar-refractivity contribution in [2.75, 3.05) is 5.32 Å². The molecular formula is C11H12N2O. The monoisotopic (exact) mass is 188 g/mol. The number of hydrogen-bond acceptors (Lipinski definition) is 1. The molecule has 0 aliphatic rings. The third kappa shape index (κ3) is 1.37. The van der Waals surface area contributed by atoms with Gasteiger partial charge in [0.2, 0.25) is 5.91 Å². The molecule has 0 bridgehead atoms. The molecular weight excluding hydrogens is 176 g/mol. The normalized spacial score (nSPS) is 10.4. The molecule has 2 aromatic heterocycles. The zero-order chi connectivity index (χ0) is 10.1. The summed E-state index contributed by atoms with van der Waals surface area (Å²) >= 11 is 0. The summed E-state index contributed by atoms with van der Waals surface area (Å²) in [5, 5.41) is 2.82. The molecule has 3 nitrogen and oxygen atoms in total. The van der Waals surface area contributed by atoms with Crippen molar-refractivity contribution in [3.05, 3.63) is 36.0 Å². The number of nitrogens with one attached hydrogen (secondary N) is 1. The standard InChI is InChI=1S/C11H12N2O/c1-8-7-10-5-3-4-6-13(10)11(8)12-9(2)14/h3-7H,1-2H3,(H,12,14). The number of rotatable bonds is 1. The number of fused-ring (bicyclic) bond motifs is 1. The maximum Gasteiger partial charge on any atom is 0.222 e. The number of anilines is 1. The summed E-state index contributed by atoms with van der Waals surface area (Å²) in [6, 6.07) is 7.98. The van der Waals surface area contributed by atoms with Crippen LogP contribution in [0.2, 0.25) is 0 Å². The van der Waals surface area contributed by atoms with Crippen molar-refractivity contribution in [3.8, 4) is 0 Å². The molecule has 0 aliphatic heterocycles. The third-order valence-corrected chi connectivity index (χ3v) is 2.16. The maximum atomic E-state index is 11.0. The van der Waals surface area contributed by atoms with Crippen molar-refractivity contribution in [3.63, 3.8) is 0 Å². The van der Waals surface area contributed by atoms with Crippen LogP contribution >= 0.6 is 0 Å². The number of aromatic nitrogens is 1. The predicted octanol–water partition coefficient (Wildman–Crippen LogP) is 2.21. The van der Waals surface area contributed by atoms with Crippen LogP contribution in [0.4, 0.5) is 5.82 Å². The van der Waals surface area contributed by atoms with Crippen LogP contribution in [0.15, 0.2) is 30.5 Å². The van der Waals surface area contributed by atoms with Crippen LogP contribution < -0.4 is 5.32 Å². The van der Waals surface area contributed by atoms with E-state index in [9.17, 15) is 4.79 Å². The minimum absolute atomic E-state index is 0.0445. The fraction of sp³-hybridized carbons (Fsp3) is 0.182. The van der Waals surface area contributed by atoms with Gasteiger partial charge in [0.05, 0.1) is 0 Å². The van der Waals surface area contributed by atoms with Crippen molar-refractivity contribution in [1.29, 1.82) is 0 Å². The van der Waals surface area contributed by atoms with Gasteiger partial charge in [0.15, 0.2) is 0 Å². The first-order chi connectivity index (χ1) is 6.68. The summed E-state index contributed by atoms with van der Waals surface area (Å²) in [7, 11) is 0. The van der Waals surface area contributed by atoms with Gasteiger partial charge in [0.25, 0.3) is 0 Å². The van der Waals surface area contributed by atoms with E-state index >= 15 is 0 Å². The zero-order valence-electron chi connectivity index (χ0n) is 8.24. The molecule has 0 aromatic carbocycles. The molecule has 1 N–H and O–H groups in total. The van der Waals surface area contributed by atoms with E-state index in [1.165, 1.54) is 6.92 Å². The lowest BCUT2D eigenvalue weighted by Gasteiger charge is -2.03. The van der Waals surface area contributed by atoms with Crippen LogP contribution in [0.5, 0.6) is 0 Å². The minimum Gasteiger partial charge on any atom is -0.312 e. The van der Waals surface area contributed by atoms with Crippen molar-refractivity contribution in [2.45, 2.75) is 13.8 Å². The van der Waals surface area contributed by atoms with Gasteiger partial charge < -0.3 is 9.72 Å². The maximum absolute atomic E-state index is 11.0. The third-order valence-electron chi connectivity index (χ3n) is 2.16. The van der Waals surface area contributed by atoms with Crippen LogP contribution in [0.1, 0.15) is 12.5 Å². The molecule has 72 valence electrons. The summed E-state index contributed by atoms with van der Waals surface area (Å²) in [6.07, 6.45) is 1.94. The number of carbonyl (C=O) groups excluding carboxylic acids is 1. The van der Waals surface area contributed by atoms with Gasteiger partial charge in [-0.25, -0.2) is 0 Å². The molecule has 2 rings (SSSR count). The molecule has 3 heteroatoms. The Morgan fingerprint density at radius 2 is 2.21 bits per heavy atom. The molecule has 0 fully saturated rings. The molecule has 0 unspecified atom stereocenters. The average Bonchev–Trinajstić information content (AvgIpc) is 2.43. The molecule has 0 saturated carbocycles. The fourth-order valence-corrected chi connectivity index (χ4v) is 1.58. The lowest BCUT2D eigenvalue weighted by atomic mass is 10.3. The van der Waals surface area contributed by atoms with Gasteiger partial charge in [-0.3, -0.25) is 4.79 Å². The first kappa shape index (κ1) is 8.81. The van der Waals surface area contributed by atoms with E-state index < -0.39 is 0 Å². The van der Waals surface area contributed by atoms with E-state index in [0.29, 0.717) is 0 Å². The highest BCUT2D eigenvalue weighted by Gasteiger charge is 2.06. The Morgan fingerprint density at radius 1 is 1.43 bits per heavy atom. The molecule has 0 spiro atoms. The number of aryl methyl sites for hydroxylation is 1. The second-order valence-corrected chi connectivity index (χ2v) is 3.35. The van der Waals surface area contributed by atoms with Crippen LogP contribution in [0.25, 0.3) is 5.52 Å². The molecule has 14 heavy (non-hydrogen) atoms. The van der Waals surface area contributed by atoms with Crippen molar-refractivity contribution < 1.29 is 4.79 Å². The average molecular weight is 188 g/mol. The summed E-state index contributed by atoms with van der Waals surface area (Å²) < 4.78 is 1.97. The van der Waals surface area contributed by atoms with Gasteiger partial charge in [-0.2, -0.15) is 0 Å². The Balaban J connectivity index is 2.62. The number of nitrogens with zero attached hydrogens (tertiary/aromatic N) is 1. The minimum atomic E-state index is -0.0445. The quantitative estimate of drug-likeness (QED) is 0.731. The first-order valence-corrected chi connectivity index (χ1v) is 4.53. The Kier molecular flexibility index (Phi) is 2.00. The second kappa shape index (κ2) is 3.18. The van der Waals surface area contributed by atoms with Crippen molar-refractivity contribution in [2.24, 2.45) is 0 Å². The smallest absolute Gasteiger partial charge is 0.222 e. The number of hydrogen-bond donors (Lipinski definition) is 1. The molecule has 0 atom stereocenters. The lowest BCUT2D eigenvalue weighted by Crippen LogP contribution is -2.08. The van der Waals surface area contributed by atoms with E-state index in [4.69, 9.17) is 0 Å². The van der Waals surface area contributed by atoms with E-state index in [-0.39, 0.29) is 5.91 Å². The van der Waals surface area contributed by atoms with E-state index in [2.05, 4.69) is 5.32 Å². The van der Waals surface area contributed by atoms with Gasteiger partial charge in [0.1, 0.15) is 5.82 Å². The topological polar surface area (TPSA) is 33.5 Å². The zero-order valence-corrected chi connectivity index (χ0v) is 8.24. The van der Waals surface area contributed by atoms with Crippen molar-refractivity contribution >= 4 is 17.2 Å². The predicted molar refractivity (Wildman–Crippen MR) is 56.4 cm³/mol. The second-order valence-electron chi connectivity index (χ2n) is 3.35. The van der Waals surface area contributed by atoms with Crippen LogP contribution in [-0.2, 0) is 4.79 Å². The Morgan fingerprint density at radius 3 is 2.93 bits per heavy atom. The van der Waals surface area contributed by atoms with Crippen molar-refractivity contribution in [1.82, 2.24) is 4.40 Å². The molecule has 0 saturated heterocycles. The number of pyridine rings is 1. The van der Waals surface area contributed by atoms with Crippen LogP contribution in [0, 0.1) is 6.92 Å². The van der Waals surface area contributed by atoms with Gasteiger partial charge in [0, 0.05) is 18.6 Å². The van der Waals surface area contributed by atoms with E-state index in [1.54, 1.807) is 0 Å². The van der Waals surface area contributed by atoms with Crippen LogP contribution in [-0.4, -0.2) is 10.3 Å². The van der Waals surface area contributed by atoms with Gasteiger partial charge >= 0.3 is 0 Å². The van der Waals surface area contributed by atoms with Gasteiger partial charge in [-0.15, -0.1) is 0 Å². The van der Waals surface area contributed by atoms with Gasteiger partial charge in [-0.1, -0.05) is 6.07 Å². The van der Waals surface area contributed by atoms with E-state index in [1.807, 2.05) is 41.8 Å². The molecule has 0 radical (unpaired) electrons. The summed E-state index contributed by atoms with van der Waals surface area (Å²) in [6.45, 7) is 3.50. The fourth-order valence-electron chi connectivity index (χ4n) is 1.58. The highest BCUT2D eigenvalue weighted by Crippen LogP contribution is 2.20. The Labute approximate surface area is 82.4 Å².